The van der Waals surface area contributed by atoms with Crippen LogP contribution in [0.25, 0.3) is 0 Å². The van der Waals surface area contributed by atoms with E-state index in [0.29, 0.717) is 25.0 Å². The maximum absolute atomic E-state index is 11.8. The minimum absolute atomic E-state index is 0.0656. The molecule has 0 spiro atoms. The van der Waals surface area contributed by atoms with Gasteiger partial charge in [0.2, 0.25) is 5.91 Å². The third kappa shape index (κ3) is 7.65. The summed E-state index contributed by atoms with van der Waals surface area (Å²) in [6.45, 7) is 11.1. The Hall–Kier alpha value is -0.610. The van der Waals surface area contributed by atoms with Crippen LogP contribution in [0.1, 0.15) is 27.7 Å². The van der Waals surface area contributed by atoms with Crippen molar-refractivity contribution in [3.63, 3.8) is 0 Å². The van der Waals surface area contributed by atoms with Gasteiger partial charge in [-0.05, 0) is 11.8 Å². The second-order valence-corrected chi connectivity index (χ2v) is 4.93. The van der Waals surface area contributed by atoms with E-state index in [1.165, 1.54) is 0 Å². The topological polar surface area (TPSA) is 55.6 Å². The average Bonchev–Trinajstić information content (AvgIpc) is 2.15. The average molecular weight is 230 g/mol. The fourth-order valence-corrected chi connectivity index (χ4v) is 1.49. The molecule has 0 aromatic rings. The standard InChI is InChI=1S/C12H26N2O2/c1-10(2)7-14(8-11(3)4)12(15)9-16-6-5-13/h10-11H,5-9,13H2,1-4H3. The molecule has 4 nitrogen and oxygen atoms in total. The van der Waals surface area contributed by atoms with Gasteiger partial charge in [-0.1, -0.05) is 27.7 Å². The number of hydrogen-bond acceptors (Lipinski definition) is 3. The van der Waals surface area contributed by atoms with E-state index in [1.807, 2.05) is 4.90 Å². The van der Waals surface area contributed by atoms with Crippen LogP contribution in [-0.2, 0) is 9.53 Å². The Morgan fingerprint density at radius 3 is 2.06 bits per heavy atom. The minimum Gasteiger partial charge on any atom is -0.370 e. The van der Waals surface area contributed by atoms with Crippen LogP contribution >= 0.6 is 0 Å². The number of nitrogens with zero attached hydrogens (tertiary/aromatic N) is 1. The molecule has 0 aromatic carbocycles. The highest BCUT2D eigenvalue weighted by atomic mass is 16.5. The maximum Gasteiger partial charge on any atom is 0.248 e. The fraction of sp³-hybridized carbons (Fsp3) is 0.917. The first kappa shape index (κ1) is 15.4. The lowest BCUT2D eigenvalue weighted by atomic mass is 10.1. The van der Waals surface area contributed by atoms with E-state index in [1.54, 1.807) is 0 Å². The molecule has 0 aliphatic heterocycles. The first-order chi connectivity index (χ1) is 7.47. The Bertz CT molecular complexity index is 183. The van der Waals surface area contributed by atoms with Crippen molar-refractivity contribution < 1.29 is 9.53 Å². The number of rotatable bonds is 8. The van der Waals surface area contributed by atoms with Crippen LogP contribution in [0.3, 0.4) is 0 Å². The zero-order valence-electron chi connectivity index (χ0n) is 11.0. The van der Waals surface area contributed by atoms with E-state index in [9.17, 15) is 4.79 Å². The van der Waals surface area contributed by atoms with Crippen LogP contribution in [0.2, 0.25) is 0 Å². The van der Waals surface area contributed by atoms with Crippen molar-refractivity contribution in [2.24, 2.45) is 17.6 Å². The van der Waals surface area contributed by atoms with Crippen molar-refractivity contribution in [3.8, 4) is 0 Å². The predicted octanol–water partition coefficient (Wildman–Crippen LogP) is 1.10. The van der Waals surface area contributed by atoms with Crippen LogP contribution in [-0.4, -0.2) is 43.7 Å². The summed E-state index contributed by atoms with van der Waals surface area (Å²) >= 11 is 0. The molecule has 0 saturated carbocycles. The molecule has 0 heterocycles. The van der Waals surface area contributed by atoms with Gasteiger partial charge in [-0.15, -0.1) is 0 Å². The zero-order valence-corrected chi connectivity index (χ0v) is 11.0. The SMILES string of the molecule is CC(C)CN(CC(C)C)C(=O)COCCN. The van der Waals surface area contributed by atoms with Crippen LogP contribution in [0, 0.1) is 11.8 Å². The molecule has 0 aromatic heterocycles. The van der Waals surface area contributed by atoms with Crippen LogP contribution in [0.5, 0.6) is 0 Å². The van der Waals surface area contributed by atoms with E-state index in [4.69, 9.17) is 10.5 Å². The number of nitrogens with two attached hydrogens (primary N) is 1. The van der Waals surface area contributed by atoms with Crippen LogP contribution in [0.4, 0.5) is 0 Å². The summed E-state index contributed by atoms with van der Waals surface area (Å²) in [6.07, 6.45) is 0. The van der Waals surface area contributed by atoms with Gasteiger partial charge in [0.15, 0.2) is 0 Å². The van der Waals surface area contributed by atoms with Crippen molar-refractivity contribution >= 4 is 5.91 Å². The summed E-state index contributed by atoms with van der Waals surface area (Å²) in [4.78, 5) is 13.7. The summed E-state index contributed by atoms with van der Waals surface area (Å²) in [6, 6.07) is 0. The molecule has 16 heavy (non-hydrogen) atoms. The quantitative estimate of drug-likeness (QED) is 0.635. The van der Waals surface area contributed by atoms with Crippen molar-refractivity contribution in [2.75, 3.05) is 32.8 Å². The normalized spacial score (nSPS) is 11.2. The van der Waals surface area contributed by atoms with Crippen molar-refractivity contribution in [1.82, 2.24) is 4.90 Å². The van der Waals surface area contributed by atoms with Crippen LogP contribution in [0.15, 0.2) is 0 Å². The molecule has 0 bridgehead atoms. The lowest BCUT2D eigenvalue weighted by Gasteiger charge is -2.26. The molecule has 1 amide bonds. The molecular formula is C12H26N2O2. The molecule has 0 rings (SSSR count). The van der Waals surface area contributed by atoms with E-state index < -0.39 is 0 Å². The fourth-order valence-electron chi connectivity index (χ4n) is 1.49. The number of ether oxygens (including phenoxy) is 1. The molecule has 0 aliphatic rings. The van der Waals surface area contributed by atoms with Gasteiger partial charge in [-0.3, -0.25) is 4.79 Å². The smallest absolute Gasteiger partial charge is 0.248 e. The molecule has 0 atom stereocenters. The molecular weight excluding hydrogens is 204 g/mol. The van der Waals surface area contributed by atoms with Gasteiger partial charge < -0.3 is 15.4 Å². The Balaban J connectivity index is 4.10. The predicted molar refractivity (Wildman–Crippen MR) is 66.1 cm³/mol. The first-order valence-electron chi connectivity index (χ1n) is 6.03. The minimum atomic E-state index is 0.0656. The molecule has 0 fully saturated rings. The van der Waals surface area contributed by atoms with Crippen molar-refractivity contribution in [2.45, 2.75) is 27.7 Å². The molecule has 4 heteroatoms. The second kappa shape index (κ2) is 8.53. The Morgan fingerprint density at radius 2 is 1.69 bits per heavy atom. The monoisotopic (exact) mass is 230 g/mol. The van der Waals surface area contributed by atoms with Gasteiger partial charge in [0, 0.05) is 19.6 Å². The van der Waals surface area contributed by atoms with Gasteiger partial charge in [0.25, 0.3) is 0 Å². The summed E-state index contributed by atoms with van der Waals surface area (Å²) in [5.74, 6) is 1.03. The number of amides is 1. The van der Waals surface area contributed by atoms with Gasteiger partial charge >= 0.3 is 0 Å². The molecule has 0 aliphatic carbocycles. The third-order valence-corrected chi connectivity index (χ3v) is 2.01. The lowest BCUT2D eigenvalue weighted by molar-refractivity contribution is -0.137. The highest BCUT2D eigenvalue weighted by Crippen LogP contribution is 2.04. The number of carbonyl (C=O) groups is 1. The summed E-state index contributed by atoms with van der Waals surface area (Å²) in [7, 11) is 0. The van der Waals surface area contributed by atoms with E-state index in [2.05, 4.69) is 27.7 Å². The summed E-state index contributed by atoms with van der Waals surface area (Å²) in [5, 5.41) is 0. The third-order valence-electron chi connectivity index (χ3n) is 2.01. The summed E-state index contributed by atoms with van der Waals surface area (Å²) < 4.78 is 5.17. The van der Waals surface area contributed by atoms with E-state index in [-0.39, 0.29) is 12.5 Å². The highest BCUT2D eigenvalue weighted by Gasteiger charge is 2.15. The Morgan fingerprint density at radius 1 is 1.19 bits per heavy atom. The molecule has 0 saturated heterocycles. The summed E-state index contributed by atoms with van der Waals surface area (Å²) in [5.41, 5.74) is 5.30. The van der Waals surface area contributed by atoms with Gasteiger partial charge in [-0.25, -0.2) is 0 Å². The van der Waals surface area contributed by atoms with Gasteiger partial charge in [-0.2, -0.15) is 0 Å². The molecule has 0 unspecified atom stereocenters. The molecule has 96 valence electrons. The number of carbonyl (C=O) groups excluding carboxylic acids is 1. The largest absolute Gasteiger partial charge is 0.370 e. The Labute approximate surface area is 99.1 Å². The highest BCUT2D eigenvalue weighted by molar-refractivity contribution is 5.77. The van der Waals surface area contributed by atoms with E-state index >= 15 is 0 Å². The zero-order chi connectivity index (χ0) is 12.6. The van der Waals surface area contributed by atoms with Crippen molar-refractivity contribution in [3.05, 3.63) is 0 Å². The molecule has 0 radical (unpaired) electrons. The first-order valence-corrected chi connectivity index (χ1v) is 6.03. The van der Waals surface area contributed by atoms with Crippen LogP contribution < -0.4 is 5.73 Å². The lowest BCUT2D eigenvalue weighted by Crippen LogP contribution is -2.39. The maximum atomic E-state index is 11.8. The van der Waals surface area contributed by atoms with Crippen molar-refractivity contribution in [1.29, 1.82) is 0 Å². The van der Waals surface area contributed by atoms with E-state index in [0.717, 1.165) is 13.1 Å². The number of hydrogen-bond donors (Lipinski definition) is 1. The Kier molecular flexibility index (Phi) is 8.21. The van der Waals surface area contributed by atoms with Gasteiger partial charge in [0.05, 0.1) is 6.61 Å². The van der Waals surface area contributed by atoms with Gasteiger partial charge in [0.1, 0.15) is 6.61 Å². The second-order valence-electron chi connectivity index (χ2n) is 4.93. The molecule has 2 N–H and O–H groups in total.